The van der Waals surface area contributed by atoms with E-state index in [0.29, 0.717) is 17.7 Å². The van der Waals surface area contributed by atoms with Gasteiger partial charge in [0.15, 0.2) is 11.5 Å². The molecular formula is C22H29N3O. The van der Waals surface area contributed by atoms with Gasteiger partial charge >= 0.3 is 0 Å². The van der Waals surface area contributed by atoms with Crippen molar-refractivity contribution >= 4 is 5.78 Å². The third kappa shape index (κ3) is 5.84. The molecule has 0 bridgehead atoms. The SMILES string of the molecule is CCCCCCCCCCCC(=O)c1cnn(-c2ccccc2)c1C#N. The Kier molecular flexibility index (Phi) is 8.62. The summed E-state index contributed by atoms with van der Waals surface area (Å²) in [5, 5.41) is 13.7. The number of aromatic nitrogens is 2. The van der Waals surface area contributed by atoms with Gasteiger partial charge in [-0.1, -0.05) is 76.5 Å². The number of ketones is 1. The molecule has 2 rings (SSSR count). The first-order chi connectivity index (χ1) is 12.8. The fraction of sp³-hybridized carbons (Fsp3) is 0.500. The molecule has 1 aromatic carbocycles. The van der Waals surface area contributed by atoms with Crippen molar-refractivity contribution in [3.63, 3.8) is 0 Å². The van der Waals surface area contributed by atoms with Gasteiger partial charge in [-0.25, -0.2) is 4.68 Å². The van der Waals surface area contributed by atoms with Crippen LogP contribution < -0.4 is 0 Å². The molecule has 0 saturated carbocycles. The van der Waals surface area contributed by atoms with Gasteiger partial charge < -0.3 is 0 Å². The third-order valence-corrected chi connectivity index (χ3v) is 4.68. The second-order valence-corrected chi connectivity index (χ2v) is 6.77. The lowest BCUT2D eigenvalue weighted by atomic mass is 10.0. The summed E-state index contributed by atoms with van der Waals surface area (Å²) in [5.74, 6) is 0.0201. The van der Waals surface area contributed by atoms with E-state index in [1.54, 1.807) is 4.68 Å². The molecule has 138 valence electrons. The van der Waals surface area contributed by atoms with Gasteiger partial charge in [0, 0.05) is 6.42 Å². The van der Waals surface area contributed by atoms with E-state index in [2.05, 4.69) is 18.1 Å². The van der Waals surface area contributed by atoms with Crippen molar-refractivity contribution in [2.45, 2.75) is 71.1 Å². The number of hydrogen-bond acceptors (Lipinski definition) is 3. The summed E-state index contributed by atoms with van der Waals surface area (Å²) >= 11 is 0. The maximum atomic E-state index is 12.5. The van der Waals surface area contributed by atoms with Crippen LogP contribution >= 0.6 is 0 Å². The predicted octanol–water partition coefficient (Wildman–Crippen LogP) is 5.85. The van der Waals surface area contributed by atoms with Crippen molar-refractivity contribution in [1.29, 1.82) is 5.26 Å². The van der Waals surface area contributed by atoms with Crippen LogP contribution in [0.4, 0.5) is 0 Å². The Hall–Kier alpha value is -2.41. The number of nitrogens with zero attached hydrogens (tertiary/aromatic N) is 3. The van der Waals surface area contributed by atoms with Crippen molar-refractivity contribution in [2.24, 2.45) is 0 Å². The maximum Gasteiger partial charge on any atom is 0.167 e. The van der Waals surface area contributed by atoms with E-state index in [9.17, 15) is 10.1 Å². The van der Waals surface area contributed by atoms with Gasteiger partial charge in [-0.2, -0.15) is 10.4 Å². The van der Waals surface area contributed by atoms with Crippen LogP contribution in [0.25, 0.3) is 5.69 Å². The number of Topliss-reactive ketones (excluding diaryl/α,β-unsaturated/α-hetero) is 1. The number of hydrogen-bond donors (Lipinski definition) is 0. The summed E-state index contributed by atoms with van der Waals surface area (Å²) in [7, 11) is 0. The molecule has 2 aromatic rings. The lowest BCUT2D eigenvalue weighted by Gasteiger charge is -2.04. The van der Waals surface area contributed by atoms with Crippen LogP contribution in [0, 0.1) is 11.3 Å². The zero-order valence-corrected chi connectivity index (χ0v) is 15.8. The average molecular weight is 351 g/mol. The summed E-state index contributed by atoms with van der Waals surface area (Å²) in [5.41, 5.74) is 1.57. The van der Waals surface area contributed by atoms with Gasteiger partial charge in [0.25, 0.3) is 0 Å². The summed E-state index contributed by atoms with van der Waals surface area (Å²) in [4.78, 5) is 12.5. The van der Waals surface area contributed by atoms with Crippen molar-refractivity contribution in [1.82, 2.24) is 9.78 Å². The van der Waals surface area contributed by atoms with Crippen molar-refractivity contribution in [2.75, 3.05) is 0 Å². The second kappa shape index (κ2) is 11.3. The summed E-state index contributed by atoms with van der Waals surface area (Å²) in [6, 6.07) is 11.6. The van der Waals surface area contributed by atoms with Gasteiger partial charge in [0.1, 0.15) is 6.07 Å². The van der Waals surface area contributed by atoms with Crippen molar-refractivity contribution in [3.05, 3.63) is 47.8 Å². The molecular weight excluding hydrogens is 322 g/mol. The topological polar surface area (TPSA) is 58.7 Å². The van der Waals surface area contributed by atoms with Crippen LogP contribution in [0.1, 0.15) is 87.2 Å². The molecule has 0 radical (unpaired) electrons. The molecule has 1 heterocycles. The monoisotopic (exact) mass is 351 g/mol. The zero-order valence-electron chi connectivity index (χ0n) is 15.8. The van der Waals surface area contributed by atoms with Gasteiger partial charge in [0.2, 0.25) is 0 Å². The van der Waals surface area contributed by atoms with Gasteiger partial charge in [0.05, 0.1) is 17.4 Å². The Morgan fingerprint density at radius 1 is 1.00 bits per heavy atom. The van der Waals surface area contributed by atoms with Crippen LogP contribution in [0.2, 0.25) is 0 Å². The number of benzene rings is 1. The Morgan fingerprint density at radius 3 is 2.23 bits per heavy atom. The molecule has 0 N–H and O–H groups in total. The second-order valence-electron chi connectivity index (χ2n) is 6.77. The molecule has 1 aromatic heterocycles. The minimum Gasteiger partial charge on any atom is -0.294 e. The first kappa shape index (κ1) is 19.9. The quantitative estimate of drug-likeness (QED) is 0.356. The average Bonchev–Trinajstić information content (AvgIpc) is 3.11. The summed E-state index contributed by atoms with van der Waals surface area (Å²) in [6.45, 7) is 2.23. The summed E-state index contributed by atoms with van der Waals surface area (Å²) in [6.07, 6.45) is 13.0. The molecule has 0 aliphatic rings. The standard InChI is InChI=1S/C22H29N3O/c1-2-3-4-5-6-7-8-9-13-16-22(26)20-18-24-25(21(20)17-23)19-14-11-10-12-15-19/h10-12,14-15,18H,2-9,13,16H2,1H3. The highest BCUT2D eigenvalue weighted by Crippen LogP contribution is 2.17. The smallest absolute Gasteiger partial charge is 0.167 e. The van der Waals surface area contributed by atoms with E-state index >= 15 is 0 Å². The van der Waals surface area contributed by atoms with Gasteiger partial charge in [-0.05, 0) is 18.6 Å². The molecule has 4 nitrogen and oxygen atoms in total. The molecule has 0 unspecified atom stereocenters. The fourth-order valence-corrected chi connectivity index (χ4v) is 3.16. The fourth-order valence-electron chi connectivity index (χ4n) is 3.16. The largest absolute Gasteiger partial charge is 0.294 e. The number of nitriles is 1. The van der Waals surface area contributed by atoms with E-state index in [4.69, 9.17) is 0 Å². The minimum absolute atomic E-state index is 0.0201. The Balaban J connectivity index is 1.78. The van der Waals surface area contributed by atoms with Crippen molar-refractivity contribution < 1.29 is 4.79 Å². The number of unbranched alkanes of at least 4 members (excludes halogenated alkanes) is 8. The molecule has 0 amide bonds. The number of carbonyl (C=O) groups is 1. The maximum absolute atomic E-state index is 12.5. The molecule has 0 spiro atoms. The molecule has 0 aliphatic heterocycles. The van der Waals surface area contributed by atoms with Gasteiger partial charge in [-0.15, -0.1) is 0 Å². The number of para-hydroxylation sites is 1. The normalized spacial score (nSPS) is 10.6. The van der Waals surface area contributed by atoms with E-state index in [1.165, 1.54) is 51.1 Å². The highest BCUT2D eigenvalue weighted by molar-refractivity contribution is 5.97. The van der Waals surface area contributed by atoms with Crippen LogP contribution in [0.3, 0.4) is 0 Å². The minimum atomic E-state index is 0.0201. The Morgan fingerprint density at radius 2 is 1.62 bits per heavy atom. The molecule has 0 aliphatic carbocycles. The van der Waals surface area contributed by atoms with Crippen LogP contribution in [0.5, 0.6) is 0 Å². The summed E-state index contributed by atoms with van der Waals surface area (Å²) < 4.78 is 1.55. The van der Waals surface area contributed by atoms with Crippen molar-refractivity contribution in [3.8, 4) is 11.8 Å². The van der Waals surface area contributed by atoms with E-state index in [0.717, 1.165) is 18.5 Å². The molecule has 4 heteroatoms. The number of carbonyl (C=O) groups excluding carboxylic acids is 1. The first-order valence-corrected chi connectivity index (χ1v) is 9.84. The van der Waals surface area contributed by atoms with E-state index in [-0.39, 0.29) is 5.78 Å². The third-order valence-electron chi connectivity index (χ3n) is 4.68. The van der Waals surface area contributed by atoms with Crippen LogP contribution in [0.15, 0.2) is 36.5 Å². The number of rotatable bonds is 12. The first-order valence-electron chi connectivity index (χ1n) is 9.84. The Labute approximate surface area is 156 Å². The van der Waals surface area contributed by atoms with Crippen LogP contribution in [-0.4, -0.2) is 15.6 Å². The molecule has 0 saturated heterocycles. The molecule has 0 atom stereocenters. The highest BCUT2D eigenvalue weighted by Gasteiger charge is 2.17. The highest BCUT2D eigenvalue weighted by atomic mass is 16.1. The predicted molar refractivity (Wildman–Crippen MR) is 104 cm³/mol. The lowest BCUT2D eigenvalue weighted by Crippen LogP contribution is -2.04. The van der Waals surface area contributed by atoms with Gasteiger partial charge in [-0.3, -0.25) is 4.79 Å². The zero-order chi connectivity index (χ0) is 18.6. The van der Waals surface area contributed by atoms with E-state index < -0.39 is 0 Å². The molecule has 0 fully saturated rings. The van der Waals surface area contributed by atoms with Crippen LogP contribution in [-0.2, 0) is 0 Å². The Bertz CT molecular complexity index is 713. The lowest BCUT2D eigenvalue weighted by molar-refractivity contribution is 0.0979. The molecule has 26 heavy (non-hydrogen) atoms. The van der Waals surface area contributed by atoms with E-state index in [1.807, 2.05) is 30.3 Å².